The van der Waals surface area contributed by atoms with Gasteiger partial charge in [0.25, 0.3) is 0 Å². The van der Waals surface area contributed by atoms with Crippen LogP contribution < -0.4 is 10.2 Å². The quantitative estimate of drug-likeness (QED) is 0.749. The predicted octanol–water partition coefficient (Wildman–Crippen LogP) is 1.56. The third kappa shape index (κ3) is 4.62. The molecule has 0 amide bonds. The van der Waals surface area contributed by atoms with Crippen LogP contribution in [0, 0.1) is 0 Å². The van der Waals surface area contributed by atoms with Gasteiger partial charge in [-0.1, -0.05) is 6.92 Å². The van der Waals surface area contributed by atoms with E-state index < -0.39 is 0 Å². The average Bonchev–Trinajstić information content (AvgIpc) is 2.37. The van der Waals surface area contributed by atoms with E-state index in [-0.39, 0.29) is 11.9 Å². The smallest absolute Gasteiger partial charge is 0.231 e. The Hall–Kier alpha value is -1.14. The molecule has 0 aliphatic carbocycles. The van der Waals surface area contributed by atoms with Crippen molar-refractivity contribution in [2.75, 3.05) is 36.5 Å². The maximum absolute atomic E-state index is 8.86. The Morgan fingerprint density at radius 3 is 2.67 bits per heavy atom. The molecular weight excluding hydrogens is 254 g/mol. The zero-order valence-electron chi connectivity index (χ0n) is 10.9. The van der Waals surface area contributed by atoms with Crippen molar-refractivity contribution in [3.8, 4) is 0 Å². The highest BCUT2D eigenvalue weighted by atomic mass is 35.5. The highest BCUT2D eigenvalue weighted by Crippen LogP contribution is 2.13. The lowest BCUT2D eigenvalue weighted by molar-refractivity contribution is 0.289. The lowest BCUT2D eigenvalue weighted by Crippen LogP contribution is -2.27. The van der Waals surface area contributed by atoms with Crippen molar-refractivity contribution in [1.82, 2.24) is 15.0 Å². The topological polar surface area (TPSA) is 74.2 Å². The molecule has 0 spiro atoms. The van der Waals surface area contributed by atoms with Crippen LogP contribution in [-0.4, -0.2) is 46.3 Å². The van der Waals surface area contributed by atoms with E-state index in [1.807, 2.05) is 11.8 Å². The fourth-order valence-corrected chi connectivity index (χ4v) is 1.61. The van der Waals surface area contributed by atoms with E-state index >= 15 is 0 Å². The Kier molecular flexibility index (Phi) is 6.67. The molecule has 0 fully saturated rings. The maximum atomic E-state index is 8.86. The first kappa shape index (κ1) is 14.9. The summed E-state index contributed by atoms with van der Waals surface area (Å²) in [6.45, 7) is 6.47. The Balaban J connectivity index is 2.81. The third-order valence-corrected chi connectivity index (χ3v) is 2.55. The zero-order valence-corrected chi connectivity index (χ0v) is 11.6. The van der Waals surface area contributed by atoms with Crippen LogP contribution in [0.1, 0.15) is 26.7 Å². The van der Waals surface area contributed by atoms with Crippen LogP contribution in [0.4, 0.5) is 11.9 Å². The van der Waals surface area contributed by atoms with Crippen LogP contribution in [0.2, 0.25) is 5.28 Å². The second-order valence-electron chi connectivity index (χ2n) is 3.81. The predicted molar refractivity (Wildman–Crippen MR) is 73.2 cm³/mol. The molecule has 0 saturated carbocycles. The molecule has 0 radical (unpaired) electrons. The number of nitrogens with one attached hydrogen (secondary N) is 1. The van der Waals surface area contributed by atoms with Gasteiger partial charge in [-0.25, -0.2) is 0 Å². The van der Waals surface area contributed by atoms with Crippen LogP contribution in [-0.2, 0) is 0 Å². The Bertz CT molecular complexity index is 363. The largest absolute Gasteiger partial charge is 0.396 e. The highest BCUT2D eigenvalue weighted by molar-refractivity contribution is 6.28. The number of anilines is 2. The highest BCUT2D eigenvalue weighted by Gasteiger charge is 2.10. The maximum Gasteiger partial charge on any atom is 0.231 e. The molecule has 2 N–H and O–H groups in total. The fraction of sp³-hybridized carbons (Fsp3) is 0.727. The van der Waals surface area contributed by atoms with Crippen LogP contribution >= 0.6 is 11.6 Å². The summed E-state index contributed by atoms with van der Waals surface area (Å²) in [5, 5.41) is 12.1. The number of nitrogens with zero attached hydrogens (tertiary/aromatic N) is 4. The molecule has 1 aromatic heterocycles. The fourth-order valence-electron chi connectivity index (χ4n) is 1.46. The minimum absolute atomic E-state index is 0.149. The summed E-state index contributed by atoms with van der Waals surface area (Å²) in [5.41, 5.74) is 0. The van der Waals surface area contributed by atoms with Gasteiger partial charge in [-0.3, -0.25) is 0 Å². The SMILES string of the molecule is CCCNc1nc(Cl)nc(N(CC)CCCO)n1. The van der Waals surface area contributed by atoms with Crippen LogP contribution in [0.25, 0.3) is 0 Å². The summed E-state index contributed by atoms with van der Waals surface area (Å²) in [6.07, 6.45) is 1.66. The first-order chi connectivity index (χ1) is 8.71. The lowest BCUT2D eigenvalue weighted by atomic mass is 10.4. The van der Waals surface area contributed by atoms with E-state index in [0.717, 1.165) is 19.5 Å². The van der Waals surface area contributed by atoms with Gasteiger partial charge in [0.2, 0.25) is 17.2 Å². The van der Waals surface area contributed by atoms with Crippen molar-refractivity contribution in [2.24, 2.45) is 0 Å². The first-order valence-electron chi connectivity index (χ1n) is 6.22. The van der Waals surface area contributed by atoms with Gasteiger partial charge in [-0.2, -0.15) is 15.0 Å². The van der Waals surface area contributed by atoms with Gasteiger partial charge in [0, 0.05) is 26.2 Å². The van der Waals surface area contributed by atoms with Crippen LogP contribution in [0.15, 0.2) is 0 Å². The standard InChI is InChI=1S/C11H20ClN5O/c1-3-6-13-10-14-9(12)15-11(16-10)17(4-2)7-5-8-18/h18H,3-8H2,1-2H3,(H,13,14,15,16). The van der Waals surface area contributed by atoms with E-state index in [2.05, 4.69) is 27.2 Å². The van der Waals surface area contributed by atoms with Gasteiger partial charge in [0.15, 0.2) is 0 Å². The van der Waals surface area contributed by atoms with Gasteiger partial charge in [0.1, 0.15) is 0 Å². The van der Waals surface area contributed by atoms with E-state index in [9.17, 15) is 0 Å². The molecule has 0 saturated heterocycles. The van der Waals surface area contributed by atoms with E-state index in [1.54, 1.807) is 0 Å². The van der Waals surface area contributed by atoms with Crippen molar-refractivity contribution >= 4 is 23.5 Å². The third-order valence-electron chi connectivity index (χ3n) is 2.38. The molecule has 0 atom stereocenters. The number of aliphatic hydroxyl groups is 1. The van der Waals surface area contributed by atoms with Crippen molar-refractivity contribution in [1.29, 1.82) is 0 Å². The van der Waals surface area contributed by atoms with Gasteiger partial charge >= 0.3 is 0 Å². The van der Waals surface area contributed by atoms with E-state index in [1.165, 1.54) is 0 Å². The summed E-state index contributed by atoms with van der Waals surface area (Å²) in [4.78, 5) is 14.4. The Morgan fingerprint density at radius 2 is 2.06 bits per heavy atom. The summed E-state index contributed by atoms with van der Waals surface area (Å²) >= 11 is 5.89. The van der Waals surface area contributed by atoms with Crippen molar-refractivity contribution < 1.29 is 5.11 Å². The van der Waals surface area contributed by atoms with Crippen molar-refractivity contribution in [3.05, 3.63) is 5.28 Å². The molecule has 1 aromatic rings. The molecule has 1 rings (SSSR count). The number of hydrogen-bond acceptors (Lipinski definition) is 6. The first-order valence-corrected chi connectivity index (χ1v) is 6.60. The van der Waals surface area contributed by atoms with Crippen molar-refractivity contribution in [2.45, 2.75) is 26.7 Å². The van der Waals surface area contributed by atoms with E-state index in [0.29, 0.717) is 24.9 Å². The summed E-state index contributed by atoms with van der Waals surface area (Å²) in [6, 6.07) is 0. The molecule has 7 heteroatoms. The molecule has 0 unspecified atom stereocenters. The van der Waals surface area contributed by atoms with Gasteiger partial charge in [0.05, 0.1) is 0 Å². The number of halogens is 1. The Labute approximate surface area is 112 Å². The van der Waals surface area contributed by atoms with Crippen molar-refractivity contribution in [3.63, 3.8) is 0 Å². The number of rotatable bonds is 8. The molecule has 0 aliphatic rings. The molecule has 0 aromatic carbocycles. The van der Waals surface area contributed by atoms with Gasteiger partial charge in [-0.05, 0) is 31.4 Å². The van der Waals surface area contributed by atoms with Gasteiger partial charge < -0.3 is 15.3 Å². The number of hydrogen-bond donors (Lipinski definition) is 2. The summed E-state index contributed by atoms with van der Waals surface area (Å²) < 4.78 is 0. The molecule has 18 heavy (non-hydrogen) atoms. The molecule has 0 aliphatic heterocycles. The summed E-state index contributed by atoms with van der Waals surface area (Å²) in [5.74, 6) is 1.04. The van der Waals surface area contributed by atoms with Gasteiger partial charge in [-0.15, -0.1) is 0 Å². The molecular formula is C11H20ClN5O. The van der Waals surface area contributed by atoms with Crippen LogP contribution in [0.3, 0.4) is 0 Å². The second kappa shape index (κ2) is 8.05. The minimum atomic E-state index is 0.149. The summed E-state index contributed by atoms with van der Waals surface area (Å²) in [7, 11) is 0. The monoisotopic (exact) mass is 273 g/mol. The minimum Gasteiger partial charge on any atom is -0.396 e. The number of aromatic nitrogens is 3. The molecule has 102 valence electrons. The number of aliphatic hydroxyl groups excluding tert-OH is 1. The lowest BCUT2D eigenvalue weighted by Gasteiger charge is -2.20. The normalized spacial score (nSPS) is 10.4. The molecule has 6 nitrogen and oxygen atoms in total. The van der Waals surface area contributed by atoms with E-state index in [4.69, 9.17) is 16.7 Å². The second-order valence-corrected chi connectivity index (χ2v) is 4.15. The molecule has 0 bridgehead atoms. The zero-order chi connectivity index (χ0) is 13.4. The average molecular weight is 274 g/mol. The van der Waals surface area contributed by atoms with Crippen LogP contribution in [0.5, 0.6) is 0 Å². The Morgan fingerprint density at radius 1 is 1.28 bits per heavy atom. The molecule has 1 heterocycles.